The lowest BCUT2D eigenvalue weighted by molar-refractivity contribution is -0.113. The molecule has 0 bridgehead atoms. The molecule has 1 N–H and O–H groups in total. The van der Waals surface area contributed by atoms with Gasteiger partial charge in [0.1, 0.15) is 11.5 Å². The van der Waals surface area contributed by atoms with Crippen molar-refractivity contribution in [2.75, 3.05) is 18.2 Å². The number of carbonyl (C=O) groups excluding carboxylic acids is 1. The number of anilines is 1. The Labute approximate surface area is 165 Å². The number of hydrogen-bond acceptors (Lipinski definition) is 8. The van der Waals surface area contributed by atoms with Crippen molar-refractivity contribution < 1.29 is 18.7 Å². The molecule has 1 aromatic heterocycles. The van der Waals surface area contributed by atoms with E-state index in [9.17, 15) is 4.79 Å². The number of para-hydroxylation sites is 2. The van der Waals surface area contributed by atoms with Gasteiger partial charge in [-0.3, -0.25) is 4.79 Å². The van der Waals surface area contributed by atoms with Crippen LogP contribution in [0.25, 0.3) is 0 Å². The van der Waals surface area contributed by atoms with Crippen LogP contribution in [0.1, 0.15) is 11.5 Å². The Balaban J connectivity index is 1.47. The Kier molecular flexibility index (Phi) is 6.49. The van der Waals surface area contributed by atoms with E-state index in [1.54, 1.807) is 43.5 Å². The molecule has 0 radical (unpaired) electrons. The van der Waals surface area contributed by atoms with Gasteiger partial charge in [0.05, 0.1) is 30.2 Å². The monoisotopic (exact) mass is 396 g/mol. The van der Waals surface area contributed by atoms with Gasteiger partial charge >= 0.3 is 0 Å². The summed E-state index contributed by atoms with van der Waals surface area (Å²) in [5.74, 6) is 1.35. The fourth-order valence-electron chi connectivity index (χ4n) is 2.19. The molecule has 142 valence electrons. The molecule has 2 aromatic carbocycles. The topological polar surface area (TPSA) is 110 Å². The number of aromatic nitrogens is 2. The Hall–Kier alpha value is -3.51. The number of ether oxygens (including phenoxy) is 2. The van der Waals surface area contributed by atoms with Gasteiger partial charge in [0.15, 0.2) is 6.61 Å². The Morgan fingerprint density at radius 3 is 2.75 bits per heavy atom. The third-order valence-corrected chi connectivity index (χ3v) is 4.32. The molecular formula is C19H16N4O4S. The average molecular weight is 396 g/mol. The summed E-state index contributed by atoms with van der Waals surface area (Å²) in [7, 11) is 1.54. The van der Waals surface area contributed by atoms with Crippen LogP contribution in [0.2, 0.25) is 0 Å². The summed E-state index contributed by atoms with van der Waals surface area (Å²) in [5, 5.41) is 19.6. The third-order valence-electron chi connectivity index (χ3n) is 3.50. The molecule has 3 rings (SSSR count). The SMILES string of the molecule is COc1ccccc1NC(=O)CSc1nnc(COc2ccc(C#N)cc2)o1. The van der Waals surface area contributed by atoms with Gasteiger partial charge in [-0.15, -0.1) is 10.2 Å². The quantitative estimate of drug-likeness (QED) is 0.578. The lowest BCUT2D eigenvalue weighted by atomic mass is 10.2. The average Bonchev–Trinajstić information content (AvgIpc) is 3.19. The number of carbonyl (C=O) groups is 1. The summed E-state index contributed by atoms with van der Waals surface area (Å²) in [4.78, 5) is 12.1. The van der Waals surface area contributed by atoms with Crippen LogP contribution in [-0.2, 0) is 11.4 Å². The van der Waals surface area contributed by atoms with Gasteiger partial charge in [-0.1, -0.05) is 23.9 Å². The number of rotatable bonds is 8. The molecule has 3 aromatic rings. The van der Waals surface area contributed by atoms with E-state index in [0.29, 0.717) is 22.7 Å². The highest BCUT2D eigenvalue weighted by Crippen LogP contribution is 2.24. The van der Waals surface area contributed by atoms with Crippen molar-refractivity contribution in [3.05, 3.63) is 60.0 Å². The number of benzene rings is 2. The summed E-state index contributed by atoms with van der Waals surface area (Å²) in [6, 6.07) is 15.9. The number of nitrogens with zero attached hydrogens (tertiary/aromatic N) is 3. The van der Waals surface area contributed by atoms with Crippen molar-refractivity contribution in [3.63, 3.8) is 0 Å². The van der Waals surface area contributed by atoms with Crippen LogP contribution in [0.15, 0.2) is 58.2 Å². The van der Waals surface area contributed by atoms with Crippen LogP contribution in [0, 0.1) is 11.3 Å². The van der Waals surface area contributed by atoms with Crippen molar-refractivity contribution in [2.45, 2.75) is 11.8 Å². The predicted molar refractivity (Wildman–Crippen MR) is 102 cm³/mol. The van der Waals surface area contributed by atoms with E-state index in [1.165, 1.54) is 0 Å². The largest absolute Gasteiger partial charge is 0.495 e. The summed E-state index contributed by atoms with van der Waals surface area (Å²) < 4.78 is 16.2. The molecule has 0 fully saturated rings. The van der Waals surface area contributed by atoms with E-state index in [2.05, 4.69) is 15.5 Å². The van der Waals surface area contributed by atoms with Gasteiger partial charge in [-0.2, -0.15) is 5.26 Å². The summed E-state index contributed by atoms with van der Waals surface area (Å²) in [6.45, 7) is 0.0901. The molecule has 8 nitrogen and oxygen atoms in total. The van der Waals surface area contributed by atoms with E-state index in [1.807, 2.05) is 18.2 Å². The molecule has 0 aliphatic heterocycles. The molecule has 0 aliphatic carbocycles. The smallest absolute Gasteiger partial charge is 0.277 e. The zero-order chi connectivity index (χ0) is 19.8. The summed E-state index contributed by atoms with van der Waals surface area (Å²) in [5.41, 5.74) is 1.15. The molecule has 28 heavy (non-hydrogen) atoms. The number of amides is 1. The highest BCUT2D eigenvalue weighted by atomic mass is 32.2. The first-order valence-electron chi connectivity index (χ1n) is 8.19. The van der Waals surface area contributed by atoms with E-state index >= 15 is 0 Å². The first-order valence-corrected chi connectivity index (χ1v) is 9.17. The second-order valence-corrected chi connectivity index (χ2v) is 6.35. The van der Waals surface area contributed by atoms with Gasteiger partial charge in [-0.25, -0.2) is 0 Å². The van der Waals surface area contributed by atoms with Crippen LogP contribution in [0.4, 0.5) is 5.69 Å². The number of methoxy groups -OCH3 is 1. The maximum Gasteiger partial charge on any atom is 0.277 e. The van der Waals surface area contributed by atoms with Gasteiger partial charge < -0.3 is 19.2 Å². The highest BCUT2D eigenvalue weighted by molar-refractivity contribution is 7.99. The van der Waals surface area contributed by atoms with Crippen molar-refractivity contribution in [1.29, 1.82) is 5.26 Å². The first-order chi connectivity index (χ1) is 13.7. The normalized spacial score (nSPS) is 10.1. The minimum atomic E-state index is -0.219. The molecule has 9 heteroatoms. The van der Waals surface area contributed by atoms with E-state index in [-0.39, 0.29) is 29.4 Å². The molecule has 0 spiro atoms. The summed E-state index contributed by atoms with van der Waals surface area (Å²) in [6.07, 6.45) is 0. The van der Waals surface area contributed by atoms with E-state index in [0.717, 1.165) is 11.8 Å². The number of nitriles is 1. The molecule has 0 atom stereocenters. The second kappa shape index (κ2) is 9.43. The Morgan fingerprint density at radius 1 is 1.21 bits per heavy atom. The molecular weight excluding hydrogens is 380 g/mol. The van der Waals surface area contributed by atoms with E-state index < -0.39 is 0 Å². The second-order valence-electron chi connectivity index (χ2n) is 5.42. The van der Waals surface area contributed by atoms with E-state index in [4.69, 9.17) is 19.2 Å². The highest BCUT2D eigenvalue weighted by Gasteiger charge is 2.12. The van der Waals surface area contributed by atoms with Crippen LogP contribution in [0.3, 0.4) is 0 Å². The third kappa shape index (κ3) is 5.25. The lowest BCUT2D eigenvalue weighted by Crippen LogP contribution is -2.14. The fraction of sp³-hybridized carbons (Fsp3) is 0.158. The standard InChI is InChI=1S/C19H16N4O4S/c1-25-16-5-3-2-4-15(16)21-17(24)12-28-19-23-22-18(27-19)11-26-14-8-6-13(10-20)7-9-14/h2-9H,11-12H2,1H3,(H,21,24). The summed E-state index contributed by atoms with van der Waals surface area (Å²) >= 11 is 1.12. The minimum absolute atomic E-state index is 0.0901. The van der Waals surface area contributed by atoms with Crippen LogP contribution >= 0.6 is 11.8 Å². The molecule has 0 aliphatic rings. The number of hydrogen-bond donors (Lipinski definition) is 1. The minimum Gasteiger partial charge on any atom is -0.495 e. The molecule has 0 saturated carbocycles. The zero-order valence-corrected chi connectivity index (χ0v) is 15.7. The van der Waals surface area contributed by atoms with Gasteiger partial charge in [-0.05, 0) is 36.4 Å². The predicted octanol–water partition coefficient (Wildman–Crippen LogP) is 3.26. The van der Waals surface area contributed by atoms with Crippen molar-refractivity contribution >= 4 is 23.4 Å². The van der Waals surface area contributed by atoms with Crippen LogP contribution in [-0.4, -0.2) is 29.0 Å². The van der Waals surface area contributed by atoms with Gasteiger partial charge in [0, 0.05) is 0 Å². The molecule has 0 saturated heterocycles. The first kappa shape index (κ1) is 19.3. The van der Waals surface area contributed by atoms with Crippen molar-refractivity contribution in [1.82, 2.24) is 10.2 Å². The van der Waals surface area contributed by atoms with Crippen LogP contribution in [0.5, 0.6) is 11.5 Å². The van der Waals surface area contributed by atoms with Crippen LogP contribution < -0.4 is 14.8 Å². The zero-order valence-electron chi connectivity index (χ0n) is 14.9. The van der Waals surface area contributed by atoms with Gasteiger partial charge in [0.2, 0.25) is 5.91 Å². The number of thioether (sulfide) groups is 1. The Bertz CT molecular complexity index is 982. The maximum absolute atomic E-state index is 12.1. The molecule has 1 heterocycles. The van der Waals surface area contributed by atoms with Crippen molar-refractivity contribution in [2.24, 2.45) is 0 Å². The Morgan fingerprint density at radius 2 is 2.00 bits per heavy atom. The molecule has 1 amide bonds. The number of nitrogens with one attached hydrogen (secondary N) is 1. The lowest BCUT2D eigenvalue weighted by Gasteiger charge is -2.08. The van der Waals surface area contributed by atoms with Gasteiger partial charge in [0.25, 0.3) is 11.1 Å². The molecule has 0 unspecified atom stereocenters. The fourth-order valence-corrected chi connectivity index (χ4v) is 2.77. The maximum atomic E-state index is 12.1. The van der Waals surface area contributed by atoms with Crippen molar-refractivity contribution in [3.8, 4) is 17.6 Å².